The highest BCUT2D eigenvalue weighted by Crippen LogP contribution is 2.23. The second-order valence-electron chi connectivity index (χ2n) is 8.10. The Hall–Kier alpha value is -3.72. The zero-order valence-electron chi connectivity index (χ0n) is 17.8. The molecule has 1 aliphatic rings. The van der Waals surface area contributed by atoms with Crippen molar-refractivity contribution >= 4 is 22.6 Å². The summed E-state index contributed by atoms with van der Waals surface area (Å²) in [5.41, 5.74) is 3.53. The molecular weight excluding hydrogens is 404 g/mol. The van der Waals surface area contributed by atoms with Crippen molar-refractivity contribution in [2.45, 2.75) is 19.4 Å². The van der Waals surface area contributed by atoms with Crippen LogP contribution in [-0.2, 0) is 18.4 Å². The van der Waals surface area contributed by atoms with E-state index < -0.39 is 0 Å². The summed E-state index contributed by atoms with van der Waals surface area (Å²) in [5.74, 6) is 0.514. The Morgan fingerprint density at radius 1 is 1.12 bits per heavy atom. The second-order valence-corrected chi connectivity index (χ2v) is 8.10. The molecule has 0 atom stereocenters. The Morgan fingerprint density at radius 2 is 2.00 bits per heavy atom. The van der Waals surface area contributed by atoms with E-state index in [1.165, 1.54) is 0 Å². The van der Waals surface area contributed by atoms with Gasteiger partial charge in [0.25, 0.3) is 0 Å². The molecule has 0 aliphatic carbocycles. The van der Waals surface area contributed by atoms with Gasteiger partial charge in [-0.25, -0.2) is 9.97 Å². The largest absolute Gasteiger partial charge is 0.310 e. The van der Waals surface area contributed by atoms with Crippen LogP contribution >= 0.6 is 0 Å². The Kier molecular flexibility index (Phi) is 5.55. The number of aryl methyl sites for hydroxylation is 1. The lowest BCUT2D eigenvalue weighted by Crippen LogP contribution is -2.38. The van der Waals surface area contributed by atoms with E-state index >= 15 is 0 Å². The van der Waals surface area contributed by atoms with Crippen LogP contribution in [0.25, 0.3) is 22.2 Å². The van der Waals surface area contributed by atoms with Gasteiger partial charge in [0.05, 0.1) is 23.1 Å². The van der Waals surface area contributed by atoms with Crippen LogP contribution in [0.3, 0.4) is 0 Å². The average Bonchev–Trinajstić information content (AvgIpc) is 3.26. The third-order valence-electron chi connectivity index (χ3n) is 5.79. The maximum Gasteiger partial charge on any atom is 0.228 e. The average molecular weight is 429 g/mol. The predicted octanol–water partition coefficient (Wildman–Crippen LogP) is 2.67. The molecule has 4 aromatic heterocycles. The first-order chi connectivity index (χ1) is 15.6. The summed E-state index contributed by atoms with van der Waals surface area (Å²) in [6, 6.07) is 5.76. The zero-order valence-corrected chi connectivity index (χ0v) is 17.8. The fourth-order valence-electron chi connectivity index (χ4n) is 4.02. The first-order valence-electron chi connectivity index (χ1n) is 10.7. The standard InChI is InChI=1S/C23H24N8O/c1-30-14-18(12-27-30)20-3-2-17-11-26-22(10-21(17)28-20)29-23(32)16-4-8-31(9-5-16)15-19-13-24-6-7-25-19/h2-3,6-7,10-14,16H,4-5,8-9,15H2,1H3,(H,26,29,32). The smallest absolute Gasteiger partial charge is 0.228 e. The van der Waals surface area contributed by atoms with Gasteiger partial charge in [0, 0.05) is 67.5 Å². The number of pyridine rings is 2. The van der Waals surface area contributed by atoms with Crippen LogP contribution in [0.2, 0.25) is 0 Å². The van der Waals surface area contributed by atoms with E-state index in [0.717, 1.165) is 60.3 Å². The molecule has 1 amide bonds. The normalized spacial score (nSPS) is 15.2. The summed E-state index contributed by atoms with van der Waals surface area (Å²) in [4.78, 5) is 32.7. The number of piperidine rings is 1. The molecule has 4 aromatic rings. The molecule has 162 valence electrons. The van der Waals surface area contributed by atoms with Crippen LogP contribution in [-0.4, -0.2) is 53.6 Å². The van der Waals surface area contributed by atoms with Crippen molar-refractivity contribution in [1.29, 1.82) is 0 Å². The molecule has 1 aliphatic heterocycles. The van der Waals surface area contributed by atoms with Crippen molar-refractivity contribution in [2.75, 3.05) is 18.4 Å². The minimum Gasteiger partial charge on any atom is -0.310 e. The lowest BCUT2D eigenvalue weighted by molar-refractivity contribution is -0.121. The minimum atomic E-state index is -0.0275. The molecule has 1 N–H and O–H groups in total. The number of aromatic nitrogens is 6. The molecule has 5 rings (SSSR count). The maximum absolute atomic E-state index is 12.8. The molecular formula is C23H24N8O. The molecule has 0 bridgehead atoms. The predicted molar refractivity (Wildman–Crippen MR) is 120 cm³/mol. The quantitative estimate of drug-likeness (QED) is 0.521. The first-order valence-corrected chi connectivity index (χ1v) is 10.7. The number of rotatable bonds is 5. The number of nitrogens with zero attached hydrogens (tertiary/aromatic N) is 7. The van der Waals surface area contributed by atoms with Gasteiger partial charge in [-0.3, -0.25) is 24.3 Å². The number of amides is 1. The number of anilines is 1. The topological polar surface area (TPSA) is 102 Å². The van der Waals surface area contributed by atoms with Crippen LogP contribution in [0.1, 0.15) is 18.5 Å². The first kappa shape index (κ1) is 20.2. The Balaban J connectivity index is 1.22. The number of nitrogens with one attached hydrogen (secondary N) is 1. The van der Waals surface area contributed by atoms with Crippen LogP contribution in [0.4, 0.5) is 5.82 Å². The van der Waals surface area contributed by atoms with E-state index in [1.807, 2.05) is 31.4 Å². The zero-order chi connectivity index (χ0) is 21.9. The van der Waals surface area contributed by atoms with E-state index in [0.29, 0.717) is 5.82 Å². The van der Waals surface area contributed by atoms with Gasteiger partial charge in [0.2, 0.25) is 5.91 Å². The fraction of sp³-hybridized carbons (Fsp3) is 0.304. The van der Waals surface area contributed by atoms with Crippen molar-refractivity contribution in [1.82, 2.24) is 34.6 Å². The third kappa shape index (κ3) is 4.47. The summed E-state index contributed by atoms with van der Waals surface area (Å²) in [5, 5.41) is 8.12. The highest BCUT2D eigenvalue weighted by atomic mass is 16.1. The molecule has 0 radical (unpaired) electrons. The van der Waals surface area contributed by atoms with Gasteiger partial charge in [0.1, 0.15) is 5.82 Å². The molecule has 0 spiro atoms. The number of carbonyl (C=O) groups excluding carboxylic acids is 1. The van der Waals surface area contributed by atoms with E-state index in [-0.39, 0.29) is 11.8 Å². The van der Waals surface area contributed by atoms with E-state index in [4.69, 9.17) is 4.98 Å². The molecule has 32 heavy (non-hydrogen) atoms. The minimum absolute atomic E-state index is 0.0133. The molecule has 0 unspecified atom stereocenters. The van der Waals surface area contributed by atoms with E-state index in [9.17, 15) is 4.79 Å². The van der Waals surface area contributed by atoms with Gasteiger partial charge in [-0.1, -0.05) is 0 Å². The van der Waals surface area contributed by atoms with Crippen molar-refractivity contribution in [3.63, 3.8) is 0 Å². The van der Waals surface area contributed by atoms with Crippen molar-refractivity contribution in [3.05, 3.63) is 61.1 Å². The molecule has 1 saturated heterocycles. The third-order valence-corrected chi connectivity index (χ3v) is 5.79. The number of hydrogen-bond donors (Lipinski definition) is 1. The second kappa shape index (κ2) is 8.80. The molecule has 5 heterocycles. The maximum atomic E-state index is 12.8. The van der Waals surface area contributed by atoms with Crippen molar-refractivity contribution in [2.24, 2.45) is 13.0 Å². The van der Waals surface area contributed by atoms with Crippen LogP contribution in [0.15, 0.2) is 55.4 Å². The summed E-state index contributed by atoms with van der Waals surface area (Å²) >= 11 is 0. The number of hydrogen-bond acceptors (Lipinski definition) is 7. The van der Waals surface area contributed by atoms with Gasteiger partial charge < -0.3 is 5.32 Å². The van der Waals surface area contributed by atoms with Gasteiger partial charge in [-0.2, -0.15) is 5.10 Å². The van der Waals surface area contributed by atoms with Crippen LogP contribution in [0.5, 0.6) is 0 Å². The molecule has 0 aromatic carbocycles. The van der Waals surface area contributed by atoms with Gasteiger partial charge in [0.15, 0.2) is 0 Å². The number of fused-ring (bicyclic) bond motifs is 1. The van der Waals surface area contributed by atoms with Crippen LogP contribution < -0.4 is 5.32 Å². The van der Waals surface area contributed by atoms with E-state index in [2.05, 4.69) is 30.3 Å². The van der Waals surface area contributed by atoms with Gasteiger partial charge in [-0.05, 0) is 38.1 Å². The highest BCUT2D eigenvalue weighted by molar-refractivity contribution is 5.93. The lowest BCUT2D eigenvalue weighted by atomic mass is 9.96. The van der Waals surface area contributed by atoms with Gasteiger partial charge in [-0.15, -0.1) is 0 Å². The molecule has 9 heteroatoms. The summed E-state index contributed by atoms with van der Waals surface area (Å²) in [6.07, 6.45) is 12.2. The number of likely N-dealkylation sites (tertiary alicyclic amines) is 1. The highest BCUT2D eigenvalue weighted by Gasteiger charge is 2.25. The summed E-state index contributed by atoms with van der Waals surface area (Å²) in [6.45, 7) is 2.48. The van der Waals surface area contributed by atoms with E-state index in [1.54, 1.807) is 35.7 Å². The molecule has 1 fully saturated rings. The summed E-state index contributed by atoms with van der Waals surface area (Å²) in [7, 11) is 1.88. The van der Waals surface area contributed by atoms with Gasteiger partial charge >= 0.3 is 0 Å². The number of carbonyl (C=O) groups is 1. The monoisotopic (exact) mass is 428 g/mol. The van der Waals surface area contributed by atoms with Crippen molar-refractivity contribution in [3.8, 4) is 11.3 Å². The fourth-order valence-corrected chi connectivity index (χ4v) is 4.02. The molecule has 9 nitrogen and oxygen atoms in total. The lowest BCUT2D eigenvalue weighted by Gasteiger charge is -2.30. The molecule has 0 saturated carbocycles. The SMILES string of the molecule is Cn1cc(-c2ccc3cnc(NC(=O)C4CCN(Cc5cnccn5)CC4)cc3n2)cn1. The Morgan fingerprint density at radius 3 is 2.75 bits per heavy atom. The Bertz CT molecular complexity index is 1230. The van der Waals surface area contributed by atoms with Crippen molar-refractivity contribution < 1.29 is 4.79 Å². The summed E-state index contributed by atoms with van der Waals surface area (Å²) < 4.78 is 1.75. The Labute approximate surface area is 185 Å². The van der Waals surface area contributed by atoms with Crippen LogP contribution in [0, 0.1) is 5.92 Å².